The van der Waals surface area contributed by atoms with Crippen molar-refractivity contribution >= 4 is 45.5 Å². The van der Waals surface area contributed by atoms with Gasteiger partial charge in [-0.2, -0.15) is 0 Å². The minimum absolute atomic E-state index is 0. The molecule has 0 aliphatic rings. The highest BCUT2D eigenvalue weighted by atomic mass is 127. The van der Waals surface area contributed by atoms with Crippen LogP contribution in [0.15, 0.2) is 59.6 Å². The maximum absolute atomic E-state index is 12.1. The average molecular weight is 473 g/mol. The van der Waals surface area contributed by atoms with Gasteiger partial charge in [0.2, 0.25) is 0 Å². The molecule has 136 valence electrons. The number of nitrogens with one attached hydrogen (secondary N) is 1. The maximum Gasteiger partial charge on any atom is 0.193 e. The standard InChI is InChI=1S/C18H23N3O2S.HI/c1-15-8-10-17(11-9-15)21-18(19)20-12-5-13-24(22,23)14-16-6-3-2-4-7-16;/h2-4,6-11H,5,12-14H2,1H3,(H3,19,20,21);1H. The van der Waals surface area contributed by atoms with Crippen molar-refractivity contribution in [2.24, 2.45) is 10.7 Å². The van der Waals surface area contributed by atoms with Crippen molar-refractivity contribution in [3.8, 4) is 0 Å². The van der Waals surface area contributed by atoms with E-state index in [1.54, 1.807) is 0 Å². The number of nitrogens with zero attached hydrogens (tertiary/aromatic N) is 1. The van der Waals surface area contributed by atoms with Gasteiger partial charge < -0.3 is 11.1 Å². The molecule has 2 aromatic carbocycles. The molecule has 0 atom stereocenters. The molecule has 0 heterocycles. The van der Waals surface area contributed by atoms with Crippen LogP contribution in [-0.4, -0.2) is 26.7 Å². The van der Waals surface area contributed by atoms with Gasteiger partial charge in [0, 0.05) is 12.2 Å². The van der Waals surface area contributed by atoms with Gasteiger partial charge >= 0.3 is 0 Å². The minimum Gasteiger partial charge on any atom is -0.370 e. The van der Waals surface area contributed by atoms with Crippen LogP contribution in [0.25, 0.3) is 0 Å². The van der Waals surface area contributed by atoms with Gasteiger partial charge in [-0.1, -0.05) is 48.0 Å². The Bertz CT molecular complexity index is 776. The fourth-order valence-electron chi connectivity index (χ4n) is 2.21. The number of halogens is 1. The fourth-order valence-corrected chi connectivity index (χ4v) is 3.62. The first-order chi connectivity index (χ1) is 11.4. The number of rotatable bonds is 7. The highest BCUT2D eigenvalue weighted by Gasteiger charge is 2.11. The van der Waals surface area contributed by atoms with E-state index < -0.39 is 9.84 Å². The summed E-state index contributed by atoms with van der Waals surface area (Å²) in [5.41, 5.74) is 8.64. The zero-order valence-corrected chi connectivity index (χ0v) is 17.3. The van der Waals surface area contributed by atoms with Crippen molar-refractivity contribution in [2.75, 3.05) is 17.6 Å². The molecule has 5 nitrogen and oxygen atoms in total. The predicted octanol–water partition coefficient (Wildman–Crippen LogP) is 3.34. The molecule has 25 heavy (non-hydrogen) atoms. The van der Waals surface area contributed by atoms with Gasteiger partial charge in [-0.3, -0.25) is 4.99 Å². The van der Waals surface area contributed by atoms with Gasteiger partial charge in [0.25, 0.3) is 0 Å². The van der Waals surface area contributed by atoms with Gasteiger partial charge in [0.05, 0.1) is 11.5 Å². The molecular formula is C18H24IN3O2S. The summed E-state index contributed by atoms with van der Waals surface area (Å²) in [6.07, 6.45) is 0.450. The highest BCUT2D eigenvalue weighted by Crippen LogP contribution is 2.09. The Hall–Kier alpha value is -1.61. The SMILES string of the molecule is Cc1ccc(NC(N)=NCCCS(=O)(=O)Cc2ccccc2)cc1.I. The smallest absolute Gasteiger partial charge is 0.193 e. The number of benzene rings is 2. The summed E-state index contributed by atoms with van der Waals surface area (Å²) in [7, 11) is -3.13. The number of sulfone groups is 1. The minimum atomic E-state index is -3.13. The lowest BCUT2D eigenvalue weighted by Crippen LogP contribution is -2.23. The van der Waals surface area contributed by atoms with Crippen LogP contribution in [-0.2, 0) is 15.6 Å². The second-order valence-electron chi connectivity index (χ2n) is 5.69. The Morgan fingerprint density at radius 3 is 2.36 bits per heavy atom. The summed E-state index contributed by atoms with van der Waals surface area (Å²) in [4.78, 5) is 4.17. The Morgan fingerprint density at radius 1 is 1.08 bits per heavy atom. The molecule has 0 saturated carbocycles. The summed E-state index contributed by atoms with van der Waals surface area (Å²) in [5, 5.41) is 2.98. The van der Waals surface area contributed by atoms with Gasteiger partial charge in [-0.15, -0.1) is 24.0 Å². The lowest BCUT2D eigenvalue weighted by Gasteiger charge is -2.06. The first-order valence-electron chi connectivity index (χ1n) is 7.82. The summed E-state index contributed by atoms with van der Waals surface area (Å²) in [5.74, 6) is 0.456. The van der Waals surface area contributed by atoms with Gasteiger partial charge in [-0.25, -0.2) is 8.42 Å². The summed E-state index contributed by atoms with van der Waals surface area (Å²) in [6, 6.07) is 17.0. The van der Waals surface area contributed by atoms with Crippen LogP contribution >= 0.6 is 24.0 Å². The molecule has 0 amide bonds. The molecule has 0 fully saturated rings. The Balaban J connectivity index is 0.00000312. The lowest BCUT2D eigenvalue weighted by atomic mass is 10.2. The molecule has 7 heteroatoms. The van der Waals surface area contributed by atoms with Crippen molar-refractivity contribution in [3.63, 3.8) is 0 Å². The molecule has 0 unspecified atom stereocenters. The Kier molecular flexibility index (Phi) is 8.91. The zero-order chi connectivity index (χ0) is 17.4. The topological polar surface area (TPSA) is 84.5 Å². The van der Waals surface area contributed by atoms with Crippen LogP contribution in [0.3, 0.4) is 0 Å². The summed E-state index contributed by atoms with van der Waals surface area (Å²) < 4.78 is 24.1. The third kappa shape index (κ3) is 8.35. The van der Waals surface area contributed by atoms with Crippen molar-refractivity contribution in [3.05, 3.63) is 65.7 Å². The van der Waals surface area contributed by atoms with Gasteiger partial charge in [-0.05, 0) is 31.0 Å². The van der Waals surface area contributed by atoms with E-state index in [0.717, 1.165) is 11.3 Å². The van der Waals surface area contributed by atoms with Crippen molar-refractivity contribution in [2.45, 2.75) is 19.1 Å². The lowest BCUT2D eigenvalue weighted by molar-refractivity contribution is 0.593. The van der Waals surface area contributed by atoms with Crippen molar-refractivity contribution in [1.29, 1.82) is 0 Å². The molecule has 0 aliphatic heterocycles. The molecule has 0 radical (unpaired) electrons. The van der Waals surface area contributed by atoms with Crippen LogP contribution in [0.1, 0.15) is 17.5 Å². The largest absolute Gasteiger partial charge is 0.370 e. The Labute approximate surface area is 166 Å². The predicted molar refractivity (Wildman–Crippen MR) is 115 cm³/mol. The first kappa shape index (κ1) is 21.4. The number of hydrogen-bond acceptors (Lipinski definition) is 3. The second-order valence-corrected chi connectivity index (χ2v) is 7.87. The number of nitrogens with two attached hydrogens (primary N) is 1. The summed E-state index contributed by atoms with van der Waals surface area (Å²) in [6.45, 7) is 2.38. The molecule has 2 aromatic rings. The third-order valence-corrected chi connectivity index (χ3v) is 5.13. The van der Waals surface area contributed by atoms with Crippen molar-refractivity contribution in [1.82, 2.24) is 0 Å². The van der Waals surface area contributed by atoms with E-state index in [9.17, 15) is 8.42 Å². The van der Waals surface area contributed by atoms with E-state index in [0.29, 0.717) is 18.9 Å². The molecule has 2 rings (SSSR count). The fraction of sp³-hybridized carbons (Fsp3) is 0.278. The zero-order valence-electron chi connectivity index (χ0n) is 14.2. The van der Waals surface area contributed by atoms with E-state index in [2.05, 4.69) is 10.3 Å². The van der Waals surface area contributed by atoms with Crippen LogP contribution in [0, 0.1) is 6.92 Å². The van der Waals surface area contributed by atoms with E-state index in [1.165, 1.54) is 5.56 Å². The van der Waals surface area contributed by atoms with Crippen molar-refractivity contribution < 1.29 is 8.42 Å². The van der Waals surface area contributed by atoms with Crippen LogP contribution < -0.4 is 11.1 Å². The number of anilines is 1. The Morgan fingerprint density at radius 2 is 1.72 bits per heavy atom. The monoisotopic (exact) mass is 473 g/mol. The number of aryl methyl sites for hydroxylation is 1. The van der Waals surface area contributed by atoms with Crippen LogP contribution in [0.2, 0.25) is 0 Å². The average Bonchev–Trinajstić information content (AvgIpc) is 2.54. The molecular weight excluding hydrogens is 449 g/mol. The van der Waals surface area contributed by atoms with Gasteiger partial charge in [0.15, 0.2) is 15.8 Å². The molecule has 0 spiro atoms. The number of guanidine groups is 1. The van der Waals surface area contributed by atoms with E-state index >= 15 is 0 Å². The van der Waals surface area contributed by atoms with E-state index in [1.807, 2.05) is 61.5 Å². The summed E-state index contributed by atoms with van der Waals surface area (Å²) >= 11 is 0. The number of hydrogen-bond donors (Lipinski definition) is 2. The molecule has 0 saturated heterocycles. The van der Waals surface area contributed by atoms with E-state index in [-0.39, 0.29) is 35.5 Å². The molecule has 3 N–H and O–H groups in total. The molecule has 0 bridgehead atoms. The molecule has 0 aliphatic carbocycles. The highest BCUT2D eigenvalue weighted by molar-refractivity contribution is 14.0. The second kappa shape index (κ2) is 10.4. The quantitative estimate of drug-likeness (QED) is 0.280. The normalized spacial score (nSPS) is 11.6. The van der Waals surface area contributed by atoms with Gasteiger partial charge in [0.1, 0.15) is 0 Å². The number of aliphatic imine (C=N–C) groups is 1. The first-order valence-corrected chi connectivity index (χ1v) is 9.65. The third-order valence-electron chi connectivity index (χ3n) is 3.45. The molecule has 0 aromatic heterocycles. The maximum atomic E-state index is 12.1. The van der Waals surface area contributed by atoms with E-state index in [4.69, 9.17) is 5.73 Å². The van der Waals surface area contributed by atoms with Crippen LogP contribution in [0.5, 0.6) is 0 Å². The van der Waals surface area contributed by atoms with Crippen LogP contribution in [0.4, 0.5) is 5.69 Å².